The van der Waals surface area contributed by atoms with Crippen LogP contribution in [-0.4, -0.2) is 42.8 Å². The molecule has 1 atom stereocenters. The number of nitrogens with zero attached hydrogens (tertiary/aromatic N) is 2. The van der Waals surface area contributed by atoms with E-state index >= 15 is 0 Å². The van der Waals surface area contributed by atoms with E-state index in [1.165, 1.54) is 9.13 Å². The van der Waals surface area contributed by atoms with Gasteiger partial charge in [-0.25, -0.2) is 0 Å². The minimum absolute atomic E-state index is 0.0802. The summed E-state index contributed by atoms with van der Waals surface area (Å²) in [5.74, 6) is 0. The third-order valence-corrected chi connectivity index (χ3v) is 4.03. The van der Waals surface area contributed by atoms with E-state index in [2.05, 4.69) is 51.8 Å². The van der Waals surface area contributed by atoms with Crippen LogP contribution in [0.4, 0.5) is 0 Å². The van der Waals surface area contributed by atoms with E-state index < -0.39 is 0 Å². The molecule has 2 rings (SSSR count). The molecule has 1 aliphatic rings. The Bertz CT molecular complexity index is 364. The van der Waals surface area contributed by atoms with Crippen molar-refractivity contribution >= 4 is 22.6 Å². The molecule has 1 unspecified atom stereocenters. The Kier molecular flexibility index (Phi) is 4.41. The van der Waals surface area contributed by atoms with Gasteiger partial charge in [-0.3, -0.25) is 4.90 Å². The monoisotopic (exact) mass is 346 g/mol. The van der Waals surface area contributed by atoms with Crippen molar-refractivity contribution in [3.8, 4) is 0 Å². The number of quaternary nitrogens is 1. The maximum Gasteiger partial charge on any atom is 0.0911 e. The lowest BCUT2D eigenvalue weighted by atomic mass is 10.2. The molecule has 1 saturated heterocycles. The van der Waals surface area contributed by atoms with Crippen molar-refractivity contribution in [1.29, 1.82) is 0 Å². The summed E-state index contributed by atoms with van der Waals surface area (Å²) in [4.78, 5) is 2.39. The molecule has 0 aromatic heterocycles. The van der Waals surface area contributed by atoms with Crippen LogP contribution in [0.5, 0.6) is 0 Å². The average molecular weight is 346 g/mol. The van der Waals surface area contributed by atoms with Crippen molar-refractivity contribution in [1.82, 2.24) is 4.90 Å². The Hall–Kier alpha value is -0.170. The van der Waals surface area contributed by atoms with Gasteiger partial charge in [0.1, 0.15) is 0 Å². The number of hydrogen-bond acceptors (Lipinski definition) is 2. The fourth-order valence-electron chi connectivity index (χ4n) is 2.21. The van der Waals surface area contributed by atoms with Crippen LogP contribution in [0.15, 0.2) is 24.3 Å². The molecule has 0 bridgehead atoms. The second-order valence-electron chi connectivity index (χ2n) is 5.00. The topological polar surface area (TPSA) is 26.3 Å². The van der Waals surface area contributed by atoms with E-state index in [-0.39, 0.29) is 4.65 Å². The summed E-state index contributed by atoms with van der Waals surface area (Å²) in [6.45, 7) is 4.39. The van der Waals surface area contributed by atoms with Crippen LogP contribution in [0.1, 0.15) is 12.0 Å². The molecule has 0 N–H and O–H groups in total. The van der Waals surface area contributed by atoms with Crippen LogP contribution in [0, 0.1) is 8.78 Å². The largest absolute Gasteiger partial charge is 0.633 e. The third-order valence-electron chi connectivity index (χ3n) is 3.31. The van der Waals surface area contributed by atoms with E-state index in [4.69, 9.17) is 0 Å². The van der Waals surface area contributed by atoms with E-state index in [1.807, 2.05) is 0 Å². The summed E-state index contributed by atoms with van der Waals surface area (Å²) in [6.07, 6.45) is 1.00. The standard InChI is InChI=1S/C13H19IN2O/c1-16(17)9-2-7-15(8-10-16)11-12-3-5-13(14)6-4-12/h3-6H,2,7-11H2,1H3. The second-order valence-corrected chi connectivity index (χ2v) is 6.25. The molecular formula is C13H19IN2O. The van der Waals surface area contributed by atoms with Crippen LogP contribution in [0.3, 0.4) is 0 Å². The number of benzene rings is 1. The van der Waals surface area contributed by atoms with E-state index in [1.54, 1.807) is 7.05 Å². The zero-order valence-corrected chi connectivity index (χ0v) is 12.4. The number of likely N-dealkylation sites (N-methyl/N-ethyl adjacent to an activating group) is 1. The van der Waals surface area contributed by atoms with Crippen molar-refractivity contribution in [2.45, 2.75) is 13.0 Å². The predicted molar refractivity (Wildman–Crippen MR) is 78.3 cm³/mol. The van der Waals surface area contributed by atoms with Gasteiger partial charge in [-0.1, -0.05) is 12.1 Å². The average Bonchev–Trinajstić information content (AvgIpc) is 2.44. The first-order valence-corrected chi connectivity index (χ1v) is 7.15. The lowest BCUT2D eigenvalue weighted by molar-refractivity contribution is -0.858. The Morgan fingerprint density at radius 3 is 2.65 bits per heavy atom. The first-order chi connectivity index (χ1) is 8.05. The van der Waals surface area contributed by atoms with Gasteiger partial charge in [0.15, 0.2) is 0 Å². The Balaban J connectivity index is 1.93. The van der Waals surface area contributed by atoms with Gasteiger partial charge in [-0.2, -0.15) is 0 Å². The fraction of sp³-hybridized carbons (Fsp3) is 0.538. The SMILES string of the molecule is C[N+]1([O-])CCCN(Cc2ccc(I)cc2)CC1. The fourth-order valence-corrected chi connectivity index (χ4v) is 2.57. The maximum atomic E-state index is 11.9. The number of halogens is 1. The van der Waals surface area contributed by atoms with E-state index in [9.17, 15) is 5.21 Å². The van der Waals surface area contributed by atoms with Gasteiger partial charge in [-0.15, -0.1) is 0 Å². The van der Waals surface area contributed by atoms with Crippen LogP contribution >= 0.6 is 22.6 Å². The maximum absolute atomic E-state index is 11.9. The van der Waals surface area contributed by atoms with Gasteiger partial charge < -0.3 is 9.85 Å². The van der Waals surface area contributed by atoms with Crippen molar-refractivity contribution in [3.63, 3.8) is 0 Å². The summed E-state index contributed by atoms with van der Waals surface area (Å²) in [6, 6.07) is 8.64. The zero-order chi connectivity index (χ0) is 12.3. The van der Waals surface area contributed by atoms with Gasteiger partial charge in [0.25, 0.3) is 0 Å². The molecule has 0 spiro atoms. The van der Waals surface area contributed by atoms with Gasteiger partial charge in [0.05, 0.1) is 20.1 Å². The highest BCUT2D eigenvalue weighted by Gasteiger charge is 2.18. The lowest BCUT2D eigenvalue weighted by Crippen LogP contribution is -2.40. The van der Waals surface area contributed by atoms with Crippen LogP contribution in [-0.2, 0) is 6.54 Å². The molecular weight excluding hydrogens is 327 g/mol. The quantitative estimate of drug-likeness (QED) is 0.467. The van der Waals surface area contributed by atoms with Gasteiger partial charge in [-0.05, 0) is 40.3 Å². The molecule has 1 fully saturated rings. The van der Waals surface area contributed by atoms with Crippen LogP contribution in [0.2, 0.25) is 0 Å². The molecule has 0 aliphatic carbocycles. The predicted octanol–water partition coefficient (Wildman–Crippen LogP) is 2.44. The molecule has 94 valence electrons. The first-order valence-electron chi connectivity index (χ1n) is 6.07. The third kappa shape index (κ3) is 4.21. The summed E-state index contributed by atoms with van der Waals surface area (Å²) in [5, 5.41) is 11.9. The molecule has 1 aliphatic heterocycles. The van der Waals surface area contributed by atoms with Gasteiger partial charge in [0.2, 0.25) is 0 Å². The van der Waals surface area contributed by atoms with E-state index in [0.29, 0.717) is 6.54 Å². The smallest absolute Gasteiger partial charge is 0.0911 e. The number of hydroxylamine groups is 3. The summed E-state index contributed by atoms with van der Waals surface area (Å²) in [7, 11) is 1.79. The summed E-state index contributed by atoms with van der Waals surface area (Å²) in [5.41, 5.74) is 1.34. The van der Waals surface area contributed by atoms with Crippen LogP contribution in [0.25, 0.3) is 0 Å². The molecule has 0 radical (unpaired) electrons. The minimum Gasteiger partial charge on any atom is -0.633 e. The molecule has 4 heteroatoms. The second kappa shape index (κ2) is 5.65. The van der Waals surface area contributed by atoms with E-state index in [0.717, 1.165) is 32.6 Å². The Morgan fingerprint density at radius 2 is 1.94 bits per heavy atom. The number of hydrogen-bond donors (Lipinski definition) is 0. The lowest BCUT2D eigenvalue weighted by Gasteiger charge is -2.37. The highest BCUT2D eigenvalue weighted by Crippen LogP contribution is 2.13. The Morgan fingerprint density at radius 1 is 1.24 bits per heavy atom. The van der Waals surface area contributed by atoms with Gasteiger partial charge >= 0.3 is 0 Å². The highest BCUT2D eigenvalue weighted by atomic mass is 127. The van der Waals surface area contributed by atoms with Crippen molar-refractivity contribution in [2.75, 3.05) is 33.2 Å². The molecule has 1 aromatic rings. The van der Waals surface area contributed by atoms with Gasteiger partial charge in [0, 0.05) is 29.6 Å². The Labute approximate surface area is 117 Å². The van der Waals surface area contributed by atoms with Crippen LogP contribution < -0.4 is 0 Å². The van der Waals surface area contributed by atoms with Crippen molar-refractivity contribution in [2.24, 2.45) is 0 Å². The minimum atomic E-state index is -0.0802. The molecule has 0 amide bonds. The number of rotatable bonds is 2. The van der Waals surface area contributed by atoms with Crippen molar-refractivity contribution in [3.05, 3.63) is 38.6 Å². The normalized spacial score (nSPS) is 26.8. The highest BCUT2D eigenvalue weighted by molar-refractivity contribution is 14.1. The molecule has 0 saturated carbocycles. The molecule has 1 heterocycles. The zero-order valence-electron chi connectivity index (χ0n) is 10.2. The molecule has 3 nitrogen and oxygen atoms in total. The summed E-state index contributed by atoms with van der Waals surface area (Å²) < 4.78 is 1.19. The summed E-state index contributed by atoms with van der Waals surface area (Å²) >= 11 is 2.32. The first kappa shape index (κ1) is 13.3. The van der Waals surface area contributed by atoms with Crippen molar-refractivity contribution < 1.29 is 4.65 Å². The molecule has 17 heavy (non-hydrogen) atoms. The molecule has 1 aromatic carbocycles.